The molecule has 0 spiro atoms. The second-order valence-electron chi connectivity index (χ2n) is 4.31. The van der Waals surface area contributed by atoms with E-state index in [1.165, 1.54) is 7.11 Å². The Morgan fingerprint density at radius 2 is 2.00 bits per heavy atom. The Balaban J connectivity index is 2.80. The van der Waals surface area contributed by atoms with Gasteiger partial charge in [-0.3, -0.25) is 4.90 Å². The molecule has 0 aromatic heterocycles. The maximum Gasteiger partial charge on any atom is 0.492 e. The summed E-state index contributed by atoms with van der Waals surface area (Å²) >= 11 is 0. The fourth-order valence-corrected chi connectivity index (χ4v) is 1.91. The Hall–Kier alpha value is -1.08. The Bertz CT molecular complexity index is 387. The van der Waals surface area contributed by atoms with Gasteiger partial charge in [0, 0.05) is 25.7 Å². The number of hydrogen-bond donors (Lipinski definition) is 2. The van der Waals surface area contributed by atoms with Crippen LogP contribution in [0.1, 0.15) is 12.5 Å². The van der Waals surface area contributed by atoms with E-state index in [9.17, 15) is 10.0 Å². The number of benzene rings is 1. The van der Waals surface area contributed by atoms with Crippen molar-refractivity contribution in [1.82, 2.24) is 4.90 Å². The van der Waals surface area contributed by atoms with E-state index in [-0.39, 0.29) is 0 Å². The zero-order chi connectivity index (χ0) is 14.3. The Kier molecular flexibility index (Phi) is 6.87. The van der Waals surface area contributed by atoms with Gasteiger partial charge in [0.15, 0.2) is 0 Å². The Morgan fingerprint density at radius 3 is 2.53 bits per heavy atom. The van der Waals surface area contributed by atoms with Crippen molar-refractivity contribution in [3.63, 3.8) is 0 Å². The molecule has 0 aliphatic rings. The van der Waals surface area contributed by atoms with E-state index in [1.807, 2.05) is 6.07 Å². The number of rotatable bonds is 8. The summed E-state index contributed by atoms with van der Waals surface area (Å²) in [6.07, 6.45) is 0. The lowest BCUT2D eigenvalue weighted by molar-refractivity contribution is 0.147. The van der Waals surface area contributed by atoms with Crippen LogP contribution >= 0.6 is 0 Å². The standard InChI is InChI=1S/C13H22BNO4/c1-4-15(7-8-18-2)10-11-5-6-13(19-3)12(9-11)14(16)17/h5-6,9,16-17H,4,7-8,10H2,1-3H3. The molecule has 2 N–H and O–H groups in total. The van der Waals surface area contributed by atoms with Gasteiger partial charge in [-0.1, -0.05) is 19.1 Å². The van der Waals surface area contributed by atoms with Gasteiger partial charge >= 0.3 is 7.12 Å². The van der Waals surface area contributed by atoms with E-state index in [0.717, 1.165) is 25.2 Å². The normalized spacial score (nSPS) is 10.8. The van der Waals surface area contributed by atoms with Crippen molar-refractivity contribution >= 4 is 12.6 Å². The van der Waals surface area contributed by atoms with Crippen molar-refractivity contribution < 1.29 is 19.5 Å². The molecule has 0 amide bonds. The summed E-state index contributed by atoms with van der Waals surface area (Å²) < 4.78 is 10.2. The van der Waals surface area contributed by atoms with Gasteiger partial charge in [-0.25, -0.2) is 0 Å². The smallest absolute Gasteiger partial charge is 0.492 e. The van der Waals surface area contributed by atoms with Crippen molar-refractivity contribution in [3.8, 4) is 5.75 Å². The van der Waals surface area contributed by atoms with Gasteiger partial charge < -0.3 is 19.5 Å². The van der Waals surface area contributed by atoms with Crippen molar-refractivity contribution in [3.05, 3.63) is 23.8 Å². The third kappa shape index (κ3) is 4.83. The maximum atomic E-state index is 9.33. The molecule has 1 rings (SSSR count). The lowest BCUT2D eigenvalue weighted by atomic mass is 9.78. The predicted octanol–water partition coefficient (Wildman–Crippen LogP) is -0.157. The quantitative estimate of drug-likeness (QED) is 0.641. The largest absolute Gasteiger partial charge is 0.497 e. The molecule has 106 valence electrons. The number of hydrogen-bond acceptors (Lipinski definition) is 5. The monoisotopic (exact) mass is 267 g/mol. The van der Waals surface area contributed by atoms with Gasteiger partial charge in [-0.05, 0) is 18.2 Å². The Morgan fingerprint density at radius 1 is 1.26 bits per heavy atom. The molecule has 0 radical (unpaired) electrons. The first-order valence-electron chi connectivity index (χ1n) is 6.36. The van der Waals surface area contributed by atoms with E-state index in [0.29, 0.717) is 17.8 Å². The fraction of sp³-hybridized carbons (Fsp3) is 0.538. The number of likely N-dealkylation sites (N-methyl/N-ethyl adjacent to an activating group) is 1. The Labute approximate surface area is 114 Å². The van der Waals surface area contributed by atoms with Gasteiger partial charge in [0.2, 0.25) is 0 Å². The van der Waals surface area contributed by atoms with Crippen molar-refractivity contribution in [1.29, 1.82) is 0 Å². The second kappa shape index (κ2) is 8.17. The number of nitrogens with zero attached hydrogens (tertiary/aromatic N) is 1. The lowest BCUT2D eigenvalue weighted by Crippen LogP contribution is -2.32. The molecule has 0 saturated heterocycles. The first kappa shape index (κ1) is 16.0. The van der Waals surface area contributed by atoms with Crippen molar-refractivity contribution in [2.75, 3.05) is 33.9 Å². The van der Waals surface area contributed by atoms with Crippen LogP contribution in [-0.4, -0.2) is 56.0 Å². The summed E-state index contributed by atoms with van der Waals surface area (Å²) in [5, 5.41) is 18.7. The van der Waals surface area contributed by atoms with Crippen LogP contribution in [0.4, 0.5) is 0 Å². The molecule has 0 fully saturated rings. The van der Waals surface area contributed by atoms with Crippen molar-refractivity contribution in [2.24, 2.45) is 0 Å². The minimum atomic E-state index is -1.52. The zero-order valence-corrected chi connectivity index (χ0v) is 11.8. The molecule has 0 bridgehead atoms. The third-order valence-corrected chi connectivity index (χ3v) is 3.04. The van der Waals surface area contributed by atoms with Crippen LogP contribution < -0.4 is 10.2 Å². The lowest BCUT2D eigenvalue weighted by Gasteiger charge is -2.20. The zero-order valence-electron chi connectivity index (χ0n) is 11.8. The molecular weight excluding hydrogens is 245 g/mol. The summed E-state index contributed by atoms with van der Waals surface area (Å²) in [5.41, 5.74) is 1.41. The van der Waals surface area contributed by atoms with Crippen LogP contribution in [0.15, 0.2) is 18.2 Å². The summed E-state index contributed by atoms with van der Waals surface area (Å²) in [4.78, 5) is 2.22. The van der Waals surface area contributed by atoms with Gasteiger partial charge in [0.1, 0.15) is 5.75 Å². The average Bonchev–Trinajstić information content (AvgIpc) is 2.43. The molecule has 0 aliphatic heterocycles. The highest BCUT2D eigenvalue weighted by Crippen LogP contribution is 2.11. The average molecular weight is 267 g/mol. The van der Waals surface area contributed by atoms with Crippen LogP contribution in [0.5, 0.6) is 5.75 Å². The van der Waals surface area contributed by atoms with Crippen LogP contribution in [0.25, 0.3) is 0 Å². The van der Waals surface area contributed by atoms with E-state index in [4.69, 9.17) is 9.47 Å². The van der Waals surface area contributed by atoms with Crippen LogP contribution in [-0.2, 0) is 11.3 Å². The highest BCUT2D eigenvalue weighted by atomic mass is 16.5. The summed E-state index contributed by atoms with van der Waals surface area (Å²) in [5.74, 6) is 0.485. The van der Waals surface area contributed by atoms with Crippen LogP contribution in [0, 0.1) is 0 Å². The van der Waals surface area contributed by atoms with Gasteiger partial charge in [0.05, 0.1) is 13.7 Å². The molecular formula is C13H22BNO4. The maximum absolute atomic E-state index is 9.33. The molecule has 5 nitrogen and oxygen atoms in total. The number of methoxy groups -OCH3 is 2. The van der Waals surface area contributed by atoms with E-state index >= 15 is 0 Å². The molecule has 0 saturated carbocycles. The first-order chi connectivity index (χ1) is 9.12. The fourth-order valence-electron chi connectivity index (χ4n) is 1.91. The SMILES string of the molecule is CCN(CCOC)Cc1ccc(OC)c(B(O)O)c1. The summed E-state index contributed by atoms with van der Waals surface area (Å²) in [6, 6.07) is 5.45. The molecule has 1 aromatic rings. The molecule has 0 atom stereocenters. The van der Waals surface area contributed by atoms with Crippen LogP contribution in [0.3, 0.4) is 0 Å². The van der Waals surface area contributed by atoms with Crippen molar-refractivity contribution in [2.45, 2.75) is 13.5 Å². The second-order valence-corrected chi connectivity index (χ2v) is 4.31. The predicted molar refractivity (Wildman–Crippen MR) is 75.6 cm³/mol. The molecule has 6 heteroatoms. The van der Waals surface area contributed by atoms with E-state index in [1.54, 1.807) is 19.2 Å². The summed E-state index contributed by atoms with van der Waals surface area (Å²) in [6.45, 7) is 5.26. The van der Waals surface area contributed by atoms with E-state index in [2.05, 4.69) is 11.8 Å². The molecule has 1 aromatic carbocycles. The van der Waals surface area contributed by atoms with Gasteiger partial charge in [-0.2, -0.15) is 0 Å². The first-order valence-corrected chi connectivity index (χ1v) is 6.36. The van der Waals surface area contributed by atoms with E-state index < -0.39 is 7.12 Å². The minimum absolute atomic E-state index is 0.391. The molecule has 0 heterocycles. The summed E-state index contributed by atoms with van der Waals surface area (Å²) in [7, 11) is 1.67. The molecule has 0 aliphatic carbocycles. The van der Waals surface area contributed by atoms with Gasteiger partial charge in [-0.15, -0.1) is 0 Å². The topological polar surface area (TPSA) is 62.2 Å². The molecule has 0 unspecified atom stereocenters. The third-order valence-electron chi connectivity index (χ3n) is 3.04. The van der Waals surface area contributed by atoms with Crippen LogP contribution in [0.2, 0.25) is 0 Å². The highest BCUT2D eigenvalue weighted by molar-refractivity contribution is 6.59. The highest BCUT2D eigenvalue weighted by Gasteiger charge is 2.17. The number of ether oxygens (including phenoxy) is 2. The minimum Gasteiger partial charge on any atom is -0.497 e. The molecule has 19 heavy (non-hydrogen) atoms. The van der Waals surface area contributed by atoms with Gasteiger partial charge in [0.25, 0.3) is 0 Å².